The van der Waals surface area contributed by atoms with Crippen molar-refractivity contribution in [3.63, 3.8) is 0 Å². The fourth-order valence-electron chi connectivity index (χ4n) is 4.25. The van der Waals surface area contributed by atoms with Crippen LogP contribution in [-0.4, -0.2) is 51.5 Å². The molecule has 2 aromatic heterocycles. The van der Waals surface area contributed by atoms with Crippen molar-refractivity contribution in [1.29, 1.82) is 0 Å². The lowest BCUT2D eigenvalue weighted by atomic mass is 9.85. The molecule has 2 aliphatic rings. The molecule has 148 valence electrons. The molecule has 29 heavy (non-hydrogen) atoms. The van der Waals surface area contributed by atoms with E-state index >= 15 is 0 Å². The number of fused-ring (bicyclic) bond motifs is 3. The number of aromatic nitrogens is 2. The number of hydrogen-bond acceptors (Lipinski definition) is 6. The number of ether oxygens (including phenoxy) is 1. The molecule has 0 aliphatic carbocycles. The summed E-state index contributed by atoms with van der Waals surface area (Å²) in [6.45, 7) is 1.72. The Balaban J connectivity index is 1.36. The van der Waals surface area contributed by atoms with Crippen LogP contribution in [0.25, 0.3) is 11.0 Å². The molecule has 0 atom stereocenters. The number of thiophene rings is 1. The van der Waals surface area contributed by atoms with Gasteiger partial charge in [-0.05, 0) is 49.1 Å². The van der Waals surface area contributed by atoms with Crippen molar-refractivity contribution in [2.75, 3.05) is 19.7 Å². The van der Waals surface area contributed by atoms with Gasteiger partial charge in [-0.1, -0.05) is 0 Å². The summed E-state index contributed by atoms with van der Waals surface area (Å²) in [6.07, 6.45) is 5.32. The second-order valence-electron chi connectivity index (χ2n) is 7.41. The normalized spacial score (nSPS) is 18.0. The Morgan fingerprint density at radius 1 is 1.10 bits per heavy atom. The first-order valence-electron chi connectivity index (χ1n) is 9.56. The third-order valence-electron chi connectivity index (χ3n) is 5.76. The van der Waals surface area contributed by atoms with Crippen LogP contribution in [0.5, 0.6) is 0 Å². The van der Waals surface area contributed by atoms with Crippen molar-refractivity contribution >= 4 is 34.2 Å². The molecule has 0 bridgehead atoms. The minimum absolute atomic E-state index is 0.0270. The van der Waals surface area contributed by atoms with Gasteiger partial charge in [-0.3, -0.25) is 14.8 Å². The lowest BCUT2D eigenvalue weighted by Crippen LogP contribution is -2.47. The minimum atomic E-state index is -0.897. The SMILES string of the molecule is O=C(O)c1cc2c(s1)C1(CCN(C(=O)c3ccc4nccnc4c3)CC1)OCC2. The molecule has 8 heteroatoms. The zero-order chi connectivity index (χ0) is 20.0. The van der Waals surface area contributed by atoms with Gasteiger partial charge in [0, 0.05) is 35.9 Å². The lowest BCUT2D eigenvalue weighted by Gasteiger charge is -2.43. The highest BCUT2D eigenvalue weighted by Crippen LogP contribution is 2.45. The van der Waals surface area contributed by atoms with Gasteiger partial charge >= 0.3 is 5.97 Å². The number of amides is 1. The zero-order valence-electron chi connectivity index (χ0n) is 15.6. The predicted molar refractivity (Wildman–Crippen MR) is 107 cm³/mol. The van der Waals surface area contributed by atoms with Crippen LogP contribution in [0.1, 0.15) is 43.3 Å². The third kappa shape index (κ3) is 3.08. The van der Waals surface area contributed by atoms with Crippen LogP contribution < -0.4 is 0 Å². The maximum Gasteiger partial charge on any atom is 0.345 e. The lowest BCUT2D eigenvalue weighted by molar-refractivity contribution is -0.0906. The Hall–Kier alpha value is -2.84. The second kappa shape index (κ2) is 6.89. The number of benzene rings is 1. The molecule has 0 unspecified atom stereocenters. The molecule has 1 spiro atoms. The Morgan fingerprint density at radius 3 is 2.62 bits per heavy atom. The van der Waals surface area contributed by atoms with Gasteiger partial charge in [-0.2, -0.15) is 0 Å². The van der Waals surface area contributed by atoms with Gasteiger partial charge in [-0.15, -0.1) is 11.3 Å². The van der Waals surface area contributed by atoms with E-state index in [4.69, 9.17) is 4.74 Å². The Bertz CT molecular complexity index is 1120. The van der Waals surface area contributed by atoms with E-state index in [0.29, 0.717) is 48.5 Å². The van der Waals surface area contributed by atoms with Crippen LogP contribution in [-0.2, 0) is 16.8 Å². The summed E-state index contributed by atoms with van der Waals surface area (Å²) in [5.41, 5.74) is 2.66. The van der Waals surface area contributed by atoms with Crippen LogP contribution in [0.15, 0.2) is 36.7 Å². The van der Waals surface area contributed by atoms with Crippen molar-refractivity contribution in [2.24, 2.45) is 0 Å². The third-order valence-corrected chi connectivity index (χ3v) is 7.11. The molecule has 7 nitrogen and oxygen atoms in total. The number of carbonyl (C=O) groups is 2. The summed E-state index contributed by atoms with van der Waals surface area (Å²) >= 11 is 1.31. The molecule has 2 aliphatic heterocycles. The van der Waals surface area contributed by atoms with E-state index in [2.05, 4.69) is 9.97 Å². The van der Waals surface area contributed by atoms with Gasteiger partial charge in [-0.25, -0.2) is 4.79 Å². The summed E-state index contributed by atoms with van der Waals surface area (Å²) in [4.78, 5) is 36.1. The van der Waals surface area contributed by atoms with Crippen molar-refractivity contribution in [3.05, 3.63) is 57.5 Å². The predicted octanol–water partition coefficient (Wildman–Crippen LogP) is 3.09. The highest BCUT2D eigenvalue weighted by Gasteiger charge is 2.43. The highest BCUT2D eigenvalue weighted by atomic mass is 32.1. The van der Waals surface area contributed by atoms with E-state index < -0.39 is 11.6 Å². The average Bonchev–Trinajstić information content (AvgIpc) is 3.20. The zero-order valence-corrected chi connectivity index (χ0v) is 16.4. The Labute approximate surface area is 171 Å². The monoisotopic (exact) mass is 409 g/mol. The summed E-state index contributed by atoms with van der Waals surface area (Å²) in [6, 6.07) is 7.16. The maximum atomic E-state index is 13.0. The van der Waals surface area contributed by atoms with Crippen molar-refractivity contribution in [2.45, 2.75) is 24.9 Å². The topological polar surface area (TPSA) is 92.6 Å². The quantitative estimate of drug-likeness (QED) is 0.699. The number of rotatable bonds is 2. The molecular weight excluding hydrogens is 390 g/mol. The van der Waals surface area contributed by atoms with E-state index in [1.54, 1.807) is 30.6 Å². The molecule has 1 fully saturated rings. The van der Waals surface area contributed by atoms with Crippen LogP contribution in [0.2, 0.25) is 0 Å². The molecule has 5 rings (SSSR count). The first kappa shape index (κ1) is 18.2. The number of carbonyl (C=O) groups excluding carboxylic acids is 1. The average molecular weight is 409 g/mol. The summed E-state index contributed by atoms with van der Waals surface area (Å²) < 4.78 is 6.18. The van der Waals surface area contributed by atoms with Crippen LogP contribution in [0.3, 0.4) is 0 Å². The first-order chi connectivity index (χ1) is 14.1. The van der Waals surface area contributed by atoms with Gasteiger partial charge in [0.1, 0.15) is 10.5 Å². The van der Waals surface area contributed by atoms with Crippen LogP contribution >= 0.6 is 11.3 Å². The molecule has 1 amide bonds. The fourth-order valence-corrected chi connectivity index (χ4v) is 5.50. The molecule has 0 radical (unpaired) electrons. The van der Waals surface area contributed by atoms with Gasteiger partial charge in [0.25, 0.3) is 5.91 Å². The van der Waals surface area contributed by atoms with E-state index in [1.807, 2.05) is 11.0 Å². The summed E-state index contributed by atoms with van der Waals surface area (Å²) in [5.74, 6) is -0.924. The van der Waals surface area contributed by atoms with E-state index in [9.17, 15) is 14.7 Å². The largest absolute Gasteiger partial charge is 0.477 e. The van der Waals surface area contributed by atoms with E-state index in [-0.39, 0.29) is 5.91 Å². The standard InChI is InChI=1S/C21H19N3O4S/c25-19(14-1-2-15-16(11-14)23-7-6-22-15)24-8-4-21(5-9-24)18-13(3-10-28-21)12-17(29-18)20(26)27/h1-2,6-7,11-12H,3-5,8-10H2,(H,26,27). The van der Waals surface area contributed by atoms with E-state index in [0.717, 1.165) is 22.4 Å². The number of nitrogens with zero attached hydrogens (tertiary/aromatic N) is 3. The minimum Gasteiger partial charge on any atom is -0.477 e. The van der Waals surface area contributed by atoms with Gasteiger partial charge in [0.2, 0.25) is 0 Å². The first-order valence-corrected chi connectivity index (χ1v) is 10.4. The van der Waals surface area contributed by atoms with Gasteiger partial charge in [0.15, 0.2) is 0 Å². The molecule has 4 heterocycles. The molecule has 1 N–H and O–H groups in total. The van der Waals surface area contributed by atoms with Crippen LogP contribution in [0, 0.1) is 0 Å². The van der Waals surface area contributed by atoms with Gasteiger partial charge in [0.05, 0.1) is 17.6 Å². The highest BCUT2D eigenvalue weighted by molar-refractivity contribution is 7.14. The number of piperidine rings is 1. The second-order valence-corrected chi connectivity index (χ2v) is 8.47. The molecule has 3 aromatic rings. The Kier molecular flexibility index (Phi) is 4.33. The fraction of sp³-hybridized carbons (Fsp3) is 0.333. The number of likely N-dealkylation sites (tertiary alicyclic amines) is 1. The molecular formula is C21H19N3O4S. The smallest absolute Gasteiger partial charge is 0.345 e. The molecule has 0 saturated carbocycles. The number of carboxylic acids is 1. The number of aromatic carboxylic acids is 1. The van der Waals surface area contributed by atoms with Crippen molar-refractivity contribution in [1.82, 2.24) is 14.9 Å². The van der Waals surface area contributed by atoms with E-state index in [1.165, 1.54) is 11.3 Å². The summed E-state index contributed by atoms with van der Waals surface area (Å²) in [7, 11) is 0. The molecule has 1 aromatic carbocycles. The Morgan fingerprint density at radius 2 is 1.86 bits per heavy atom. The van der Waals surface area contributed by atoms with Crippen LogP contribution in [0.4, 0.5) is 0 Å². The van der Waals surface area contributed by atoms with Crippen molar-refractivity contribution < 1.29 is 19.4 Å². The number of hydrogen-bond donors (Lipinski definition) is 1. The summed E-state index contributed by atoms with van der Waals surface area (Å²) in [5, 5.41) is 9.34. The maximum absolute atomic E-state index is 13.0. The molecule has 1 saturated heterocycles. The van der Waals surface area contributed by atoms with Crippen molar-refractivity contribution in [3.8, 4) is 0 Å². The van der Waals surface area contributed by atoms with Gasteiger partial charge < -0.3 is 14.7 Å². The number of carboxylic acid groups (broad SMARTS) is 1.